The number of aliphatic carboxylic acids is 1. The lowest BCUT2D eigenvalue weighted by Crippen LogP contribution is -2.31. The number of ether oxygens (including phenoxy) is 1. The molecule has 0 aromatic carbocycles. The minimum Gasteiger partial charge on any atom is -0.481 e. The summed E-state index contributed by atoms with van der Waals surface area (Å²) in [6, 6.07) is 1.80. The molecule has 3 amide bonds. The maximum Gasteiger partial charge on any atom is 0.317 e. The van der Waals surface area contributed by atoms with Crippen LogP contribution in [0, 0.1) is 29.1 Å². The van der Waals surface area contributed by atoms with E-state index in [0.29, 0.717) is 0 Å². The van der Waals surface area contributed by atoms with Crippen molar-refractivity contribution in [2.75, 3.05) is 28.3 Å². The first-order chi connectivity index (χ1) is 13.4. The SMILES string of the molecule is CNC(=O)C(C)C#N.CNC(=O)C(C)C(=O)O.CNC(=O)C(C)C(=O)OC.[2H][2H].[HH].[HH]. The van der Waals surface area contributed by atoms with Crippen LogP contribution < -0.4 is 16.0 Å². The smallest absolute Gasteiger partial charge is 0.317 e. The van der Waals surface area contributed by atoms with Gasteiger partial charge in [-0.2, -0.15) is 5.26 Å². The monoisotopic (exact) mass is 396 g/mol. The number of carbonyl (C=O) groups is 5. The van der Waals surface area contributed by atoms with Crippen molar-refractivity contribution in [1.82, 2.24) is 16.0 Å². The third kappa shape index (κ3) is 13.8. The maximum atomic E-state index is 10.7. The van der Waals surface area contributed by atoms with Gasteiger partial charge in [-0.15, -0.1) is 0 Å². The highest BCUT2D eigenvalue weighted by Gasteiger charge is 2.20. The summed E-state index contributed by atoms with van der Waals surface area (Å²) in [6.07, 6.45) is 0. The van der Waals surface area contributed by atoms with E-state index in [4.69, 9.17) is 13.3 Å². The molecule has 0 heterocycles. The zero-order valence-electron chi connectivity index (χ0n) is 18.6. The van der Waals surface area contributed by atoms with Crippen molar-refractivity contribution < 1.29 is 39.6 Å². The van der Waals surface area contributed by atoms with Crippen LogP contribution in [0.5, 0.6) is 0 Å². The van der Waals surface area contributed by atoms with E-state index in [1.807, 2.05) is 0 Å². The number of amides is 3. The number of carboxylic acids is 1. The summed E-state index contributed by atoms with van der Waals surface area (Å²) in [7, 11) is 5.64. The average molecular weight is 396 g/mol. The second kappa shape index (κ2) is 16.3. The Balaban J connectivity index is -0.0000000707. The van der Waals surface area contributed by atoms with Crippen LogP contribution >= 0.6 is 0 Å². The second-order valence-corrected chi connectivity index (χ2v) is 5.00. The highest BCUT2D eigenvalue weighted by atomic mass is 16.5. The summed E-state index contributed by atoms with van der Waals surface area (Å²) in [5, 5.41) is 23.3. The lowest BCUT2D eigenvalue weighted by molar-refractivity contribution is -0.149. The minimum atomic E-state index is -1.10. The number of hydrogen-bond donors (Lipinski definition) is 4. The Hall–Kier alpha value is -3.16. The van der Waals surface area contributed by atoms with Gasteiger partial charge in [0.1, 0.15) is 17.8 Å². The molecule has 0 aromatic rings. The first kappa shape index (κ1) is 26.1. The van der Waals surface area contributed by atoms with Gasteiger partial charge in [-0.05, 0) is 20.8 Å². The molecule has 3 atom stereocenters. The van der Waals surface area contributed by atoms with Gasteiger partial charge in [0.2, 0.25) is 17.7 Å². The largest absolute Gasteiger partial charge is 0.481 e. The van der Waals surface area contributed by atoms with Crippen molar-refractivity contribution in [2.24, 2.45) is 17.8 Å². The van der Waals surface area contributed by atoms with E-state index in [-0.39, 0.29) is 14.7 Å². The van der Waals surface area contributed by atoms with E-state index in [1.165, 1.54) is 42.1 Å². The molecule has 0 aromatic heterocycles. The molecule has 0 rings (SSSR count). The molecule has 0 fully saturated rings. The van der Waals surface area contributed by atoms with Crippen molar-refractivity contribution in [2.45, 2.75) is 20.8 Å². The van der Waals surface area contributed by atoms with E-state index in [9.17, 15) is 24.0 Å². The molecule has 11 heteroatoms. The highest BCUT2D eigenvalue weighted by molar-refractivity contribution is 5.97. The second-order valence-electron chi connectivity index (χ2n) is 5.00. The Kier molecular flexibility index (Phi) is 15.8. The Morgan fingerprint density at radius 1 is 0.963 bits per heavy atom. The van der Waals surface area contributed by atoms with Crippen LogP contribution in [0.3, 0.4) is 0 Å². The van der Waals surface area contributed by atoms with E-state index >= 15 is 0 Å². The van der Waals surface area contributed by atoms with Crippen LogP contribution in [-0.2, 0) is 28.7 Å². The van der Waals surface area contributed by atoms with Crippen molar-refractivity contribution in [3.63, 3.8) is 0 Å². The fourth-order valence-electron chi connectivity index (χ4n) is 1.10. The summed E-state index contributed by atoms with van der Waals surface area (Å²) >= 11 is 0. The van der Waals surface area contributed by atoms with E-state index in [0.717, 1.165) is 0 Å². The fourth-order valence-corrected chi connectivity index (χ4v) is 1.10. The maximum absolute atomic E-state index is 10.7. The van der Waals surface area contributed by atoms with Crippen LogP contribution in [0.25, 0.3) is 0 Å². The number of nitrogens with one attached hydrogen (secondary N) is 3. The molecule has 0 radical (unpaired) electrons. The number of rotatable bonds is 5. The Bertz CT molecular complexity index is 559. The van der Waals surface area contributed by atoms with E-state index < -0.39 is 35.6 Å². The molecule has 160 valence electrons. The first-order valence-electron chi connectivity index (χ1n) is 8.79. The normalized spacial score (nSPS) is 12.2. The number of methoxy groups -OCH3 is 1. The number of nitrogens with zero attached hydrogens (tertiary/aromatic N) is 1. The first-order valence-corrected chi connectivity index (χ1v) is 7.79. The molecule has 0 aliphatic heterocycles. The summed E-state index contributed by atoms with van der Waals surface area (Å²) in [4.78, 5) is 52.2. The summed E-state index contributed by atoms with van der Waals surface area (Å²) in [5.74, 6) is -4.83. The van der Waals surface area contributed by atoms with Gasteiger partial charge in [0, 0.05) is 27.0 Å². The van der Waals surface area contributed by atoms with E-state index in [1.54, 1.807) is 13.0 Å². The van der Waals surface area contributed by atoms with Gasteiger partial charge in [-0.1, -0.05) is 0 Å². The summed E-state index contributed by atoms with van der Waals surface area (Å²) in [6.45, 7) is 4.38. The highest BCUT2D eigenvalue weighted by Crippen LogP contribution is 1.96. The molecular formula is C16H34N4O7. The zero-order chi connectivity index (χ0) is 24.2. The predicted octanol–water partition coefficient (Wildman–Crippen LogP) is -0.375. The van der Waals surface area contributed by atoms with Gasteiger partial charge < -0.3 is 25.8 Å². The van der Waals surface area contributed by atoms with Crippen LogP contribution in [0.1, 0.15) is 26.6 Å². The molecule has 11 nitrogen and oxygen atoms in total. The molecule has 27 heavy (non-hydrogen) atoms. The minimum absolute atomic E-state index is 0. The fraction of sp³-hybridized carbons (Fsp3) is 0.625. The lowest BCUT2D eigenvalue weighted by atomic mass is 10.2. The van der Waals surface area contributed by atoms with Gasteiger partial charge >= 0.3 is 11.9 Å². The topological polar surface area (TPSA) is 175 Å². The van der Waals surface area contributed by atoms with Gasteiger partial charge in [-0.25, -0.2) is 0 Å². The third-order valence-electron chi connectivity index (χ3n) is 3.04. The third-order valence-corrected chi connectivity index (χ3v) is 3.04. The van der Waals surface area contributed by atoms with Gasteiger partial charge in [0.25, 0.3) is 0 Å². The van der Waals surface area contributed by atoms with Crippen LogP contribution in [0.4, 0.5) is 0 Å². The lowest BCUT2D eigenvalue weighted by Gasteiger charge is -2.05. The summed E-state index contributed by atoms with van der Waals surface area (Å²) < 4.78 is 14.3. The molecule has 0 saturated heterocycles. The van der Waals surface area contributed by atoms with Crippen molar-refractivity contribution in [1.29, 1.82) is 5.26 Å². The Morgan fingerprint density at radius 2 is 1.33 bits per heavy atom. The zero-order valence-corrected chi connectivity index (χ0v) is 16.6. The molecule has 0 spiro atoms. The molecule has 0 aliphatic carbocycles. The number of carbonyl (C=O) groups excluding carboxylic acids is 4. The predicted molar refractivity (Wildman–Crippen MR) is 101 cm³/mol. The molecule has 4 N–H and O–H groups in total. The van der Waals surface area contributed by atoms with Gasteiger partial charge in [-0.3, -0.25) is 24.0 Å². The van der Waals surface area contributed by atoms with Gasteiger partial charge in [0.15, 0.2) is 0 Å². The molecule has 0 aliphatic rings. The Labute approximate surface area is 164 Å². The average Bonchev–Trinajstić information content (AvgIpc) is 2.76. The number of nitriles is 1. The quantitative estimate of drug-likeness (QED) is 0.359. The number of carboxylic acid groups (broad SMARTS) is 1. The van der Waals surface area contributed by atoms with Crippen molar-refractivity contribution >= 4 is 29.7 Å². The van der Waals surface area contributed by atoms with E-state index in [2.05, 4.69) is 20.7 Å². The molecule has 0 saturated carbocycles. The van der Waals surface area contributed by atoms with Gasteiger partial charge in [0.05, 0.1) is 13.2 Å². The van der Waals surface area contributed by atoms with Crippen molar-refractivity contribution in [3.8, 4) is 6.07 Å². The standard InChI is InChI=1S/C6H11NO3.C5H8N2O.C5H9NO3.3H2/c1-4(5(8)7-2)6(9)10-3;1-4(3-6)5(8)7-2;1-3(5(8)9)4(7)6-2;;;/h4H,1-3H3,(H,7,8);4H,1-2H3,(H,7,8);3H,1-2H3,(H,6,7)(H,8,9);3*1H/i;;;1+1D;;. The molecule has 3 unspecified atom stereocenters. The van der Waals surface area contributed by atoms with Crippen LogP contribution in [-0.4, -0.2) is 63.0 Å². The van der Waals surface area contributed by atoms with Crippen molar-refractivity contribution in [3.05, 3.63) is 0 Å². The van der Waals surface area contributed by atoms with Crippen LogP contribution in [0.15, 0.2) is 0 Å². The number of esters is 1. The van der Waals surface area contributed by atoms with Crippen LogP contribution in [0.2, 0.25) is 0 Å². The molecular weight excluding hydrogens is 360 g/mol. The number of hydrogen-bond acceptors (Lipinski definition) is 7. The Morgan fingerprint density at radius 3 is 1.52 bits per heavy atom. The summed E-state index contributed by atoms with van der Waals surface area (Å²) in [5.41, 5.74) is 0. The molecule has 0 bridgehead atoms.